The molecule has 0 saturated carbocycles. The number of rotatable bonds is 4. The van der Waals surface area contributed by atoms with Crippen molar-refractivity contribution in [2.45, 2.75) is 32.4 Å². The highest BCUT2D eigenvalue weighted by molar-refractivity contribution is 5.76. The fourth-order valence-corrected chi connectivity index (χ4v) is 5.05. The molecule has 0 bridgehead atoms. The van der Waals surface area contributed by atoms with Gasteiger partial charge in [0.2, 0.25) is 0 Å². The van der Waals surface area contributed by atoms with E-state index in [0.717, 1.165) is 57.1 Å². The average Bonchev–Trinajstić information content (AvgIpc) is 3.29. The fraction of sp³-hybridized carbons (Fsp3) is 0.259. The monoisotopic (exact) mass is 406 g/mol. The highest BCUT2D eigenvalue weighted by Gasteiger charge is 2.21. The molecule has 0 spiro atoms. The maximum atomic E-state index is 4.51. The molecular weight excluding hydrogens is 380 g/mol. The summed E-state index contributed by atoms with van der Waals surface area (Å²) in [5.74, 6) is 2.20. The lowest BCUT2D eigenvalue weighted by Crippen LogP contribution is -2.26. The largest absolute Gasteiger partial charge is 0.313 e. The molecular formula is C27H26N4. The third-order valence-electron chi connectivity index (χ3n) is 6.66. The van der Waals surface area contributed by atoms with E-state index in [-0.39, 0.29) is 0 Å². The first kappa shape index (κ1) is 18.5. The van der Waals surface area contributed by atoms with Crippen LogP contribution in [0, 0.1) is 0 Å². The normalized spacial score (nSPS) is 15.2. The SMILES string of the molecule is c1ccc(Cc2nnc3n2CCN(Cc2ccc4c(c2)Cc2ccccc2-4)CC3)cc1. The van der Waals surface area contributed by atoms with Gasteiger partial charge in [-0.1, -0.05) is 72.8 Å². The number of nitrogens with zero attached hydrogens (tertiary/aromatic N) is 4. The molecule has 31 heavy (non-hydrogen) atoms. The van der Waals surface area contributed by atoms with Gasteiger partial charge in [0.1, 0.15) is 11.6 Å². The summed E-state index contributed by atoms with van der Waals surface area (Å²) in [6, 6.07) is 26.4. The first-order valence-corrected chi connectivity index (χ1v) is 11.2. The lowest BCUT2D eigenvalue weighted by atomic mass is 10.0. The van der Waals surface area contributed by atoms with Gasteiger partial charge >= 0.3 is 0 Å². The number of hydrogen-bond donors (Lipinski definition) is 0. The predicted octanol–water partition coefficient (Wildman–Crippen LogP) is 4.50. The second-order valence-electron chi connectivity index (χ2n) is 8.70. The maximum Gasteiger partial charge on any atom is 0.137 e. The van der Waals surface area contributed by atoms with Crippen LogP contribution in [0.5, 0.6) is 0 Å². The molecule has 0 N–H and O–H groups in total. The molecule has 4 nitrogen and oxygen atoms in total. The lowest BCUT2D eigenvalue weighted by Gasteiger charge is -2.20. The third kappa shape index (κ3) is 3.57. The summed E-state index contributed by atoms with van der Waals surface area (Å²) in [5, 5.41) is 9.01. The Hall–Kier alpha value is -3.24. The van der Waals surface area contributed by atoms with E-state index in [1.165, 1.54) is 33.4 Å². The van der Waals surface area contributed by atoms with Crippen LogP contribution in [0.25, 0.3) is 11.1 Å². The Morgan fingerprint density at radius 3 is 2.48 bits per heavy atom. The van der Waals surface area contributed by atoms with Crippen molar-refractivity contribution in [2.24, 2.45) is 0 Å². The van der Waals surface area contributed by atoms with Gasteiger partial charge in [-0.2, -0.15) is 0 Å². The van der Waals surface area contributed by atoms with E-state index in [1.54, 1.807) is 0 Å². The van der Waals surface area contributed by atoms with Crippen LogP contribution >= 0.6 is 0 Å². The first-order chi connectivity index (χ1) is 15.3. The minimum atomic E-state index is 0.846. The minimum Gasteiger partial charge on any atom is -0.313 e. The smallest absolute Gasteiger partial charge is 0.137 e. The highest BCUT2D eigenvalue weighted by atomic mass is 15.3. The fourth-order valence-electron chi connectivity index (χ4n) is 5.05. The molecule has 6 rings (SSSR count). The zero-order valence-electron chi connectivity index (χ0n) is 17.7. The molecule has 0 unspecified atom stereocenters. The van der Waals surface area contributed by atoms with Gasteiger partial charge in [0, 0.05) is 39.0 Å². The van der Waals surface area contributed by atoms with Gasteiger partial charge in [-0.3, -0.25) is 4.90 Å². The van der Waals surface area contributed by atoms with Crippen LogP contribution in [-0.4, -0.2) is 32.8 Å². The van der Waals surface area contributed by atoms with Crippen molar-refractivity contribution in [1.82, 2.24) is 19.7 Å². The molecule has 154 valence electrons. The standard InChI is InChI=1S/C27H26N4/c1-2-6-20(7-3-1)17-27-29-28-26-12-13-30(14-15-31(26)27)19-21-10-11-25-23(16-21)18-22-8-4-5-9-24(22)25/h1-11,16H,12-15,17-19H2. The van der Waals surface area contributed by atoms with Crippen molar-refractivity contribution in [3.05, 3.63) is 107 Å². The molecule has 0 amide bonds. The Labute approximate surface area is 183 Å². The van der Waals surface area contributed by atoms with Gasteiger partial charge in [0.05, 0.1) is 0 Å². The van der Waals surface area contributed by atoms with Crippen molar-refractivity contribution in [3.8, 4) is 11.1 Å². The van der Waals surface area contributed by atoms with E-state index in [9.17, 15) is 0 Å². The zero-order chi connectivity index (χ0) is 20.6. The van der Waals surface area contributed by atoms with E-state index in [4.69, 9.17) is 0 Å². The highest BCUT2D eigenvalue weighted by Crippen LogP contribution is 2.36. The van der Waals surface area contributed by atoms with Gasteiger partial charge in [0.15, 0.2) is 0 Å². The molecule has 1 aliphatic carbocycles. The molecule has 0 fully saturated rings. The maximum absolute atomic E-state index is 4.51. The van der Waals surface area contributed by atoms with E-state index in [0.29, 0.717) is 0 Å². The number of fused-ring (bicyclic) bond motifs is 4. The third-order valence-corrected chi connectivity index (χ3v) is 6.66. The molecule has 4 aromatic rings. The van der Waals surface area contributed by atoms with Crippen LogP contribution in [-0.2, 0) is 32.4 Å². The number of hydrogen-bond acceptors (Lipinski definition) is 3. The van der Waals surface area contributed by atoms with Gasteiger partial charge in [0.25, 0.3) is 0 Å². The Morgan fingerprint density at radius 2 is 1.55 bits per heavy atom. The summed E-state index contributed by atoms with van der Waals surface area (Å²) < 4.78 is 2.34. The van der Waals surface area contributed by atoms with Crippen LogP contribution in [0.3, 0.4) is 0 Å². The van der Waals surface area contributed by atoms with Gasteiger partial charge < -0.3 is 4.57 Å². The molecule has 0 atom stereocenters. The topological polar surface area (TPSA) is 34.0 Å². The zero-order valence-corrected chi connectivity index (χ0v) is 17.7. The quantitative estimate of drug-likeness (QED) is 0.441. The van der Waals surface area contributed by atoms with Gasteiger partial charge in [-0.15, -0.1) is 10.2 Å². The molecule has 2 heterocycles. The van der Waals surface area contributed by atoms with Crippen LogP contribution in [0.4, 0.5) is 0 Å². The van der Waals surface area contributed by atoms with E-state index < -0.39 is 0 Å². The van der Waals surface area contributed by atoms with Gasteiger partial charge in [-0.25, -0.2) is 0 Å². The van der Waals surface area contributed by atoms with Crippen LogP contribution in [0.15, 0.2) is 72.8 Å². The van der Waals surface area contributed by atoms with E-state index >= 15 is 0 Å². The summed E-state index contributed by atoms with van der Waals surface area (Å²) in [5.41, 5.74) is 8.44. The molecule has 0 saturated heterocycles. The second-order valence-corrected chi connectivity index (χ2v) is 8.70. The molecule has 2 aliphatic rings. The Balaban J connectivity index is 1.15. The molecule has 1 aliphatic heterocycles. The first-order valence-electron chi connectivity index (χ1n) is 11.2. The summed E-state index contributed by atoms with van der Waals surface area (Å²) in [7, 11) is 0. The number of benzene rings is 3. The molecule has 3 aromatic carbocycles. The van der Waals surface area contributed by atoms with Crippen LogP contribution in [0.2, 0.25) is 0 Å². The Morgan fingerprint density at radius 1 is 0.710 bits per heavy atom. The average molecular weight is 407 g/mol. The van der Waals surface area contributed by atoms with Crippen molar-refractivity contribution in [3.63, 3.8) is 0 Å². The minimum absolute atomic E-state index is 0.846. The van der Waals surface area contributed by atoms with Crippen LogP contribution in [0.1, 0.15) is 33.9 Å². The molecule has 0 radical (unpaired) electrons. The lowest BCUT2D eigenvalue weighted by molar-refractivity contribution is 0.270. The Bertz CT molecular complexity index is 1230. The Kier molecular flexibility index (Phi) is 4.65. The van der Waals surface area contributed by atoms with Gasteiger partial charge in [-0.05, 0) is 39.8 Å². The van der Waals surface area contributed by atoms with Crippen molar-refractivity contribution < 1.29 is 0 Å². The predicted molar refractivity (Wildman–Crippen MR) is 123 cm³/mol. The number of aromatic nitrogens is 3. The van der Waals surface area contributed by atoms with Crippen LogP contribution < -0.4 is 0 Å². The van der Waals surface area contributed by atoms with Crippen molar-refractivity contribution in [2.75, 3.05) is 13.1 Å². The molecule has 1 aromatic heterocycles. The van der Waals surface area contributed by atoms with Crippen molar-refractivity contribution >= 4 is 0 Å². The van der Waals surface area contributed by atoms with E-state index in [2.05, 4.69) is 92.5 Å². The van der Waals surface area contributed by atoms with E-state index in [1.807, 2.05) is 0 Å². The summed E-state index contributed by atoms with van der Waals surface area (Å²) >= 11 is 0. The summed E-state index contributed by atoms with van der Waals surface area (Å²) in [4.78, 5) is 2.56. The molecule has 4 heteroatoms. The second kappa shape index (κ2) is 7.78. The van der Waals surface area contributed by atoms with Crippen molar-refractivity contribution in [1.29, 1.82) is 0 Å². The summed E-state index contributed by atoms with van der Waals surface area (Å²) in [6.45, 7) is 4.02. The summed E-state index contributed by atoms with van der Waals surface area (Å²) in [6.07, 6.45) is 2.86.